The summed E-state index contributed by atoms with van der Waals surface area (Å²) >= 11 is 0. The first-order valence-corrected chi connectivity index (χ1v) is 9.38. The van der Waals surface area contributed by atoms with Crippen molar-refractivity contribution < 1.29 is 4.79 Å². The van der Waals surface area contributed by atoms with Crippen LogP contribution in [-0.4, -0.2) is 5.91 Å². The van der Waals surface area contributed by atoms with Crippen LogP contribution in [0.15, 0.2) is 42.5 Å². The molecule has 1 aliphatic heterocycles. The number of rotatable bonds is 4. The molecule has 26 heavy (non-hydrogen) atoms. The number of carbonyl (C=O) groups is 1. The molecule has 1 fully saturated rings. The van der Waals surface area contributed by atoms with Crippen molar-refractivity contribution in [2.45, 2.75) is 45.2 Å². The van der Waals surface area contributed by atoms with E-state index in [9.17, 15) is 4.79 Å². The quantitative estimate of drug-likeness (QED) is 0.881. The van der Waals surface area contributed by atoms with Crippen molar-refractivity contribution in [3.05, 3.63) is 59.2 Å². The third kappa shape index (κ3) is 3.57. The molecule has 0 spiro atoms. The fourth-order valence-corrected chi connectivity index (χ4v) is 4.09. The summed E-state index contributed by atoms with van der Waals surface area (Å²) in [4.78, 5) is 14.5. The lowest BCUT2D eigenvalue weighted by atomic mass is 10.0. The zero-order valence-corrected chi connectivity index (χ0v) is 14.9. The molecule has 0 aromatic heterocycles. The van der Waals surface area contributed by atoms with E-state index in [4.69, 9.17) is 5.26 Å². The molecule has 2 aliphatic rings. The predicted octanol–water partition coefficient (Wildman–Crippen LogP) is 4.60. The van der Waals surface area contributed by atoms with E-state index in [0.29, 0.717) is 17.9 Å². The topological polar surface area (TPSA) is 56.1 Å². The molecular formula is C22H23N3O. The van der Waals surface area contributed by atoms with E-state index in [0.717, 1.165) is 24.5 Å². The van der Waals surface area contributed by atoms with Crippen LogP contribution in [0.4, 0.5) is 11.4 Å². The summed E-state index contributed by atoms with van der Waals surface area (Å²) in [5.74, 6) is 0.693. The highest BCUT2D eigenvalue weighted by molar-refractivity contribution is 5.91. The Kier molecular flexibility index (Phi) is 4.62. The molecule has 0 unspecified atom stereocenters. The zero-order chi connectivity index (χ0) is 17.9. The minimum atomic E-state index is 0.127. The van der Waals surface area contributed by atoms with Crippen LogP contribution in [0.3, 0.4) is 0 Å². The second-order valence-electron chi connectivity index (χ2n) is 7.40. The van der Waals surface area contributed by atoms with E-state index in [-0.39, 0.29) is 5.91 Å². The van der Waals surface area contributed by atoms with Gasteiger partial charge in [-0.25, -0.2) is 0 Å². The molecule has 1 heterocycles. The summed E-state index contributed by atoms with van der Waals surface area (Å²) in [7, 11) is 0. The Morgan fingerprint density at radius 3 is 2.54 bits per heavy atom. The highest BCUT2D eigenvalue weighted by atomic mass is 16.1. The van der Waals surface area contributed by atoms with Crippen LogP contribution in [0.2, 0.25) is 0 Å². The average Bonchev–Trinajstić information content (AvgIpc) is 3.30. The van der Waals surface area contributed by atoms with Crippen molar-refractivity contribution in [1.82, 2.24) is 0 Å². The van der Waals surface area contributed by atoms with Gasteiger partial charge in [0.2, 0.25) is 5.91 Å². The summed E-state index contributed by atoms with van der Waals surface area (Å²) < 4.78 is 0. The van der Waals surface area contributed by atoms with Gasteiger partial charge in [-0.15, -0.1) is 0 Å². The van der Waals surface area contributed by atoms with Crippen LogP contribution < -0.4 is 10.2 Å². The van der Waals surface area contributed by atoms with Gasteiger partial charge in [-0.3, -0.25) is 4.79 Å². The molecule has 4 rings (SSSR count). The number of hydrogen-bond acceptors (Lipinski definition) is 3. The van der Waals surface area contributed by atoms with Gasteiger partial charge in [0, 0.05) is 30.9 Å². The first-order valence-electron chi connectivity index (χ1n) is 9.38. The molecular weight excluding hydrogens is 322 g/mol. The van der Waals surface area contributed by atoms with E-state index in [1.54, 1.807) is 0 Å². The van der Waals surface area contributed by atoms with Crippen molar-refractivity contribution in [3.8, 4) is 6.07 Å². The normalized spacial score (nSPS) is 16.3. The van der Waals surface area contributed by atoms with Gasteiger partial charge in [0.1, 0.15) is 0 Å². The highest BCUT2D eigenvalue weighted by Gasteiger charge is 2.20. The smallest absolute Gasteiger partial charge is 0.224 e. The molecule has 0 radical (unpaired) electrons. The number of benzene rings is 2. The Morgan fingerprint density at radius 1 is 1.08 bits per heavy atom. The molecule has 4 heteroatoms. The molecule has 1 saturated carbocycles. The summed E-state index contributed by atoms with van der Waals surface area (Å²) in [6.45, 7) is 1.67. The minimum Gasteiger partial charge on any atom is -0.363 e. The van der Waals surface area contributed by atoms with E-state index in [2.05, 4.69) is 28.4 Å². The Labute approximate surface area is 154 Å². The Morgan fingerprint density at radius 2 is 1.81 bits per heavy atom. The van der Waals surface area contributed by atoms with Crippen LogP contribution >= 0.6 is 0 Å². The molecule has 4 nitrogen and oxygen atoms in total. The van der Waals surface area contributed by atoms with Gasteiger partial charge in [-0.1, -0.05) is 18.9 Å². The minimum absolute atomic E-state index is 0.127. The molecule has 1 amide bonds. The van der Waals surface area contributed by atoms with Gasteiger partial charge >= 0.3 is 0 Å². The van der Waals surface area contributed by atoms with Crippen molar-refractivity contribution in [2.24, 2.45) is 5.92 Å². The van der Waals surface area contributed by atoms with Crippen molar-refractivity contribution in [3.63, 3.8) is 0 Å². The Bertz CT molecular complexity index is 845. The second kappa shape index (κ2) is 7.21. The molecule has 2 aromatic rings. The molecule has 0 saturated heterocycles. The fourth-order valence-electron chi connectivity index (χ4n) is 4.09. The number of carbonyl (C=O) groups excluding carboxylic acids is 1. The van der Waals surface area contributed by atoms with Gasteiger partial charge in [0.25, 0.3) is 0 Å². The summed E-state index contributed by atoms with van der Waals surface area (Å²) in [6, 6.07) is 16.2. The Hall–Kier alpha value is -2.80. The first-order chi connectivity index (χ1) is 12.7. The SMILES string of the molecule is N#Cc1ccc2c(c1)CN(c1ccc(NC(=O)CC3CCCC3)cc1)C2. The number of nitriles is 1. The average molecular weight is 345 g/mol. The van der Waals surface area contributed by atoms with E-state index >= 15 is 0 Å². The third-order valence-electron chi connectivity index (χ3n) is 5.52. The molecule has 0 atom stereocenters. The highest BCUT2D eigenvalue weighted by Crippen LogP contribution is 2.30. The van der Waals surface area contributed by atoms with Crippen LogP contribution in [0.5, 0.6) is 0 Å². The van der Waals surface area contributed by atoms with Gasteiger partial charge in [-0.05, 0) is 66.3 Å². The fraction of sp³-hybridized carbons (Fsp3) is 0.364. The molecule has 2 aromatic carbocycles. The number of nitrogens with zero attached hydrogens (tertiary/aromatic N) is 2. The van der Waals surface area contributed by atoms with Gasteiger partial charge in [-0.2, -0.15) is 5.26 Å². The zero-order valence-electron chi connectivity index (χ0n) is 14.9. The van der Waals surface area contributed by atoms with Gasteiger partial charge in [0.15, 0.2) is 0 Å². The van der Waals surface area contributed by atoms with Crippen molar-refractivity contribution >= 4 is 17.3 Å². The van der Waals surface area contributed by atoms with E-state index in [1.807, 2.05) is 30.3 Å². The number of hydrogen-bond donors (Lipinski definition) is 1. The number of anilines is 2. The van der Waals surface area contributed by atoms with Crippen LogP contribution in [-0.2, 0) is 17.9 Å². The van der Waals surface area contributed by atoms with Gasteiger partial charge in [0.05, 0.1) is 11.6 Å². The maximum Gasteiger partial charge on any atom is 0.224 e. The van der Waals surface area contributed by atoms with Crippen LogP contribution in [0.1, 0.15) is 48.8 Å². The van der Waals surface area contributed by atoms with Crippen molar-refractivity contribution in [1.29, 1.82) is 5.26 Å². The van der Waals surface area contributed by atoms with E-state index < -0.39 is 0 Å². The largest absolute Gasteiger partial charge is 0.363 e. The lowest BCUT2D eigenvalue weighted by Gasteiger charge is -2.18. The Balaban J connectivity index is 1.37. The summed E-state index contributed by atoms with van der Waals surface area (Å²) in [6.07, 6.45) is 5.55. The number of amides is 1. The molecule has 1 N–H and O–H groups in total. The summed E-state index contributed by atoms with van der Waals surface area (Å²) in [5.41, 5.74) is 5.20. The maximum absolute atomic E-state index is 12.2. The third-order valence-corrected chi connectivity index (χ3v) is 5.52. The lowest BCUT2D eigenvalue weighted by Crippen LogP contribution is -2.16. The summed E-state index contributed by atoms with van der Waals surface area (Å²) in [5, 5.41) is 12.1. The van der Waals surface area contributed by atoms with Gasteiger partial charge < -0.3 is 10.2 Å². The van der Waals surface area contributed by atoms with Crippen LogP contribution in [0, 0.1) is 17.2 Å². The second-order valence-corrected chi connectivity index (χ2v) is 7.40. The number of nitrogens with one attached hydrogen (secondary N) is 1. The molecule has 0 bridgehead atoms. The standard InChI is InChI=1S/C22H23N3O/c23-13-17-5-6-18-14-25(15-19(18)11-17)21-9-7-20(8-10-21)24-22(26)12-16-3-1-2-4-16/h5-11,16H,1-4,12,14-15H2,(H,24,26). The number of fused-ring (bicyclic) bond motifs is 1. The molecule has 1 aliphatic carbocycles. The first kappa shape index (κ1) is 16.7. The van der Waals surface area contributed by atoms with Crippen molar-refractivity contribution in [2.75, 3.05) is 10.2 Å². The predicted molar refractivity (Wildman–Crippen MR) is 103 cm³/mol. The van der Waals surface area contributed by atoms with E-state index in [1.165, 1.54) is 36.8 Å². The monoisotopic (exact) mass is 345 g/mol. The lowest BCUT2D eigenvalue weighted by molar-refractivity contribution is -0.117. The molecule has 132 valence electrons. The maximum atomic E-state index is 12.2. The van der Waals surface area contributed by atoms with Crippen LogP contribution in [0.25, 0.3) is 0 Å².